The number of para-hydroxylation sites is 1. The summed E-state index contributed by atoms with van der Waals surface area (Å²) in [6, 6.07) is 7.68. The van der Waals surface area contributed by atoms with Crippen LogP contribution < -0.4 is 15.6 Å². The van der Waals surface area contributed by atoms with Crippen LogP contribution in [0.1, 0.15) is 21.8 Å². The van der Waals surface area contributed by atoms with Gasteiger partial charge in [0.05, 0.1) is 5.39 Å². The first-order valence-electron chi connectivity index (χ1n) is 8.54. The number of amides is 1. The highest BCUT2D eigenvalue weighted by molar-refractivity contribution is 7.18. The highest BCUT2D eigenvalue weighted by Gasteiger charge is 2.28. The summed E-state index contributed by atoms with van der Waals surface area (Å²) in [5, 5.41) is 3.53. The smallest absolute Gasteiger partial charge is 0.261 e. The van der Waals surface area contributed by atoms with E-state index in [1.165, 1.54) is 11.3 Å². The third-order valence-corrected chi connectivity index (χ3v) is 5.79. The van der Waals surface area contributed by atoms with Crippen molar-refractivity contribution in [2.24, 2.45) is 0 Å². The molecule has 0 spiro atoms. The van der Waals surface area contributed by atoms with Gasteiger partial charge in [-0.2, -0.15) is 0 Å². The van der Waals surface area contributed by atoms with Gasteiger partial charge in [0.1, 0.15) is 16.4 Å². The Hall–Kier alpha value is -2.67. The molecule has 1 aromatic carbocycles. The number of nitrogens with one attached hydrogen (secondary N) is 2. The molecular weight excluding hydrogens is 350 g/mol. The summed E-state index contributed by atoms with van der Waals surface area (Å²) in [4.78, 5) is 33.8. The van der Waals surface area contributed by atoms with Gasteiger partial charge in [0.15, 0.2) is 6.10 Å². The molecule has 0 bridgehead atoms. The van der Waals surface area contributed by atoms with Gasteiger partial charge in [-0.05, 0) is 31.0 Å². The number of thiophene rings is 1. The van der Waals surface area contributed by atoms with Crippen LogP contribution in [0, 0.1) is 13.8 Å². The van der Waals surface area contributed by atoms with Gasteiger partial charge in [-0.1, -0.05) is 18.2 Å². The van der Waals surface area contributed by atoms with Crippen LogP contribution in [0.4, 0.5) is 0 Å². The fraction of sp³-hybridized carbons (Fsp3) is 0.316. The molecule has 1 aliphatic rings. The van der Waals surface area contributed by atoms with Gasteiger partial charge in [-0.25, -0.2) is 4.98 Å². The summed E-state index contributed by atoms with van der Waals surface area (Å²) in [7, 11) is 0. The van der Waals surface area contributed by atoms with E-state index in [1.807, 2.05) is 38.1 Å². The normalized spacial score (nSPS) is 15.7. The molecule has 0 aliphatic carbocycles. The van der Waals surface area contributed by atoms with Crippen molar-refractivity contribution in [3.05, 3.63) is 56.4 Å². The molecule has 26 heavy (non-hydrogen) atoms. The predicted molar refractivity (Wildman–Crippen MR) is 101 cm³/mol. The number of aryl methyl sites for hydroxylation is 2. The second-order valence-electron chi connectivity index (χ2n) is 6.44. The molecule has 3 heterocycles. The van der Waals surface area contributed by atoms with Gasteiger partial charge < -0.3 is 15.0 Å². The number of H-pyrrole nitrogens is 1. The Kier molecular flexibility index (Phi) is 4.24. The summed E-state index contributed by atoms with van der Waals surface area (Å²) >= 11 is 1.52. The lowest BCUT2D eigenvalue weighted by molar-refractivity contribution is -0.127. The Balaban J connectivity index is 1.39. The molecule has 0 radical (unpaired) electrons. The van der Waals surface area contributed by atoms with Gasteiger partial charge in [-0.3, -0.25) is 9.59 Å². The second-order valence-corrected chi connectivity index (χ2v) is 7.64. The van der Waals surface area contributed by atoms with Crippen molar-refractivity contribution in [3.8, 4) is 5.75 Å². The average Bonchev–Trinajstić information content (AvgIpc) is 3.16. The molecule has 2 N–H and O–H groups in total. The number of aromatic nitrogens is 2. The number of carbonyl (C=O) groups excluding carboxylic acids is 1. The molecule has 6 nitrogen and oxygen atoms in total. The molecule has 3 aromatic rings. The summed E-state index contributed by atoms with van der Waals surface area (Å²) in [5.41, 5.74) is 1.91. The van der Waals surface area contributed by atoms with Crippen LogP contribution in [-0.4, -0.2) is 28.5 Å². The number of benzene rings is 1. The van der Waals surface area contributed by atoms with E-state index in [9.17, 15) is 9.59 Å². The lowest BCUT2D eigenvalue weighted by Gasteiger charge is -2.11. The van der Waals surface area contributed by atoms with E-state index < -0.39 is 6.10 Å². The molecule has 134 valence electrons. The van der Waals surface area contributed by atoms with Crippen molar-refractivity contribution in [2.75, 3.05) is 6.54 Å². The number of carbonyl (C=O) groups is 1. The topological polar surface area (TPSA) is 84.1 Å². The van der Waals surface area contributed by atoms with E-state index in [1.54, 1.807) is 0 Å². The molecule has 1 amide bonds. The number of fused-ring (bicyclic) bond motifs is 2. The van der Waals surface area contributed by atoms with E-state index in [2.05, 4.69) is 15.3 Å². The molecule has 2 aromatic heterocycles. The number of hydrogen-bond acceptors (Lipinski definition) is 5. The quantitative estimate of drug-likeness (QED) is 0.739. The molecule has 0 fully saturated rings. The highest BCUT2D eigenvalue weighted by atomic mass is 32.1. The van der Waals surface area contributed by atoms with E-state index in [0.29, 0.717) is 30.6 Å². The first kappa shape index (κ1) is 16.8. The van der Waals surface area contributed by atoms with Crippen LogP contribution in [0.2, 0.25) is 0 Å². The van der Waals surface area contributed by atoms with Crippen LogP contribution in [0.3, 0.4) is 0 Å². The zero-order valence-corrected chi connectivity index (χ0v) is 15.4. The number of hydrogen-bond donors (Lipinski definition) is 2. The molecule has 7 heteroatoms. The Morgan fingerprint density at radius 1 is 1.38 bits per heavy atom. The lowest BCUT2D eigenvalue weighted by Crippen LogP contribution is -2.38. The molecule has 1 atom stereocenters. The zero-order valence-electron chi connectivity index (χ0n) is 14.6. The summed E-state index contributed by atoms with van der Waals surface area (Å²) in [5.74, 6) is 1.21. The first-order valence-corrected chi connectivity index (χ1v) is 9.35. The molecule has 1 aliphatic heterocycles. The fourth-order valence-corrected chi connectivity index (χ4v) is 4.21. The standard InChI is InChI=1S/C19H19N3O3S/c1-10-11(2)26-19-16(10)18(24)21-15(22-19)7-8-20-17(23)14-9-12-5-3-4-6-13(12)25-14/h3-6,14H,7-9H2,1-2H3,(H,20,23)(H,21,22,24)/t14-/m1/s1. The minimum Gasteiger partial charge on any atom is -0.480 e. The van der Waals surface area contributed by atoms with Crippen LogP contribution in [-0.2, 0) is 17.6 Å². The molecule has 4 rings (SSSR count). The van der Waals surface area contributed by atoms with Crippen molar-refractivity contribution in [3.63, 3.8) is 0 Å². The van der Waals surface area contributed by atoms with Crippen molar-refractivity contribution in [1.29, 1.82) is 0 Å². The van der Waals surface area contributed by atoms with E-state index in [-0.39, 0.29) is 11.5 Å². The third-order valence-electron chi connectivity index (χ3n) is 4.69. The maximum absolute atomic E-state index is 12.3. The molecular formula is C19H19N3O3S. The van der Waals surface area contributed by atoms with Crippen molar-refractivity contribution >= 4 is 27.5 Å². The van der Waals surface area contributed by atoms with Gasteiger partial charge in [-0.15, -0.1) is 11.3 Å². The number of ether oxygens (including phenoxy) is 1. The van der Waals surface area contributed by atoms with E-state index in [0.717, 1.165) is 26.6 Å². The zero-order chi connectivity index (χ0) is 18.3. The Labute approximate surface area is 154 Å². The van der Waals surface area contributed by atoms with Gasteiger partial charge >= 0.3 is 0 Å². The summed E-state index contributed by atoms with van der Waals surface area (Å²) < 4.78 is 5.68. The number of rotatable bonds is 4. The molecule has 0 saturated carbocycles. The minimum absolute atomic E-state index is 0.118. The lowest BCUT2D eigenvalue weighted by atomic mass is 10.1. The van der Waals surface area contributed by atoms with E-state index >= 15 is 0 Å². The van der Waals surface area contributed by atoms with Gasteiger partial charge in [0.2, 0.25) is 0 Å². The van der Waals surface area contributed by atoms with Crippen LogP contribution >= 0.6 is 11.3 Å². The maximum atomic E-state index is 12.3. The summed E-state index contributed by atoms with van der Waals surface area (Å²) in [6.07, 6.45) is 0.549. The minimum atomic E-state index is -0.496. The Bertz CT molecular complexity index is 1030. The van der Waals surface area contributed by atoms with E-state index in [4.69, 9.17) is 4.74 Å². The molecule has 0 unspecified atom stereocenters. The SMILES string of the molecule is Cc1sc2nc(CCNC(=O)[C@H]3Cc4ccccc4O3)[nH]c(=O)c2c1C. The third kappa shape index (κ3) is 2.99. The van der Waals surface area contributed by atoms with Gasteiger partial charge in [0, 0.05) is 24.3 Å². The second kappa shape index (κ2) is 6.57. The average molecular weight is 369 g/mol. The highest BCUT2D eigenvalue weighted by Crippen LogP contribution is 2.28. The van der Waals surface area contributed by atoms with Crippen LogP contribution in [0.5, 0.6) is 5.75 Å². The Morgan fingerprint density at radius 2 is 2.19 bits per heavy atom. The Morgan fingerprint density at radius 3 is 3.00 bits per heavy atom. The number of nitrogens with zero attached hydrogens (tertiary/aromatic N) is 1. The monoisotopic (exact) mass is 369 g/mol. The first-order chi connectivity index (χ1) is 12.5. The molecule has 0 saturated heterocycles. The predicted octanol–water partition coefficient (Wildman–Crippen LogP) is 2.26. The van der Waals surface area contributed by atoms with Crippen LogP contribution in [0.15, 0.2) is 29.1 Å². The number of aromatic amines is 1. The van der Waals surface area contributed by atoms with Crippen molar-refractivity contribution in [2.45, 2.75) is 32.8 Å². The van der Waals surface area contributed by atoms with Crippen LogP contribution in [0.25, 0.3) is 10.2 Å². The maximum Gasteiger partial charge on any atom is 0.261 e. The van der Waals surface area contributed by atoms with Crippen molar-refractivity contribution in [1.82, 2.24) is 15.3 Å². The summed E-state index contributed by atoms with van der Waals surface area (Å²) in [6.45, 7) is 4.32. The fourth-order valence-electron chi connectivity index (χ4n) is 3.16. The van der Waals surface area contributed by atoms with Crippen molar-refractivity contribution < 1.29 is 9.53 Å². The largest absolute Gasteiger partial charge is 0.480 e. The van der Waals surface area contributed by atoms with Gasteiger partial charge in [0.25, 0.3) is 11.5 Å².